The van der Waals surface area contributed by atoms with Gasteiger partial charge in [-0.15, -0.1) is 0 Å². The average molecular weight is 181 g/mol. The molecule has 0 heterocycles. The van der Waals surface area contributed by atoms with E-state index in [9.17, 15) is 14.5 Å². The van der Waals surface area contributed by atoms with Crippen LogP contribution in [-0.4, -0.2) is 29.7 Å². The van der Waals surface area contributed by atoms with E-state index in [4.69, 9.17) is 4.89 Å². The Bertz CT molecular complexity index is 187. The molecule has 0 spiro atoms. The van der Waals surface area contributed by atoms with Gasteiger partial charge in [-0.2, -0.15) is 0 Å². The first-order valence-corrected chi connectivity index (χ1v) is 5.45. The van der Waals surface area contributed by atoms with E-state index in [2.05, 4.69) is 5.73 Å². The molecule has 66 valence electrons. The number of carboxylic acids is 1. The number of carbonyl (C=O) groups is 1. The molecule has 4 N–H and O–H groups in total. The second-order valence-electron chi connectivity index (χ2n) is 2.58. The van der Waals surface area contributed by atoms with E-state index < -0.39 is 19.4 Å². The molecule has 11 heavy (non-hydrogen) atoms. The summed E-state index contributed by atoms with van der Waals surface area (Å²) >= 11 is 0. The molecule has 0 aromatic heterocycles. The van der Waals surface area contributed by atoms with Gasteiger partial charge in [0.15, 0.2) is 7.37 Å². The van der Waals surface area contributed by atoms with E-state index >= 15 is 0 Å². The lowest BCUT2D eigenvalue weighted by molar-refractivity contribution is -0.437. The maximum Gasteiger partial charge on any atom is 0.197 e. The summed E-state index contributed by atoms with van der Waals surface area (Å²) in [6, 6.07) is -0.893. The molecule has 0 saturated carbocycles. The third-order valence-electron chi connectivity index (χ3n) is 1.23. The fourth-order valence-electron chi connectivity index (χ4n) is 0.513. The van der Waals surface area contributed by atoms with Crippen molar-refractivity contribution in [3.05, 3.63) is 0 Å². The Morgan fingerprint density at radius 1 is 1.82 bits per heavy atom. The predicted molar refractivity (Wildman–Crippen MR) is 36.9 cm³/mol. The van der Waals surface area contributed by atoms with Gasteiger partial charge in [0.05, 0.1) is 5.97 Å². The Morgan fingerprint density at radius 3 is 2.55 bits per heavy atom. The van der Waals surface area contributed by atoms with E-state index in [0.717, 1.165) is 0 Å². The quantitative estimate of drug-likeness (QED) is 0.473. The fourth-order valence-corrected chi connectivity index (χ4v) is 1.30. The number of rotatable bonds is 4. The van der Waals surface area contributed by atoms with E-state index in [-0.39, 0.29) is 12.6 Å². The summed E-state index contributed by atoms with van der Waals surface area (Å²) in [5, 5.41) is 10.1. The standard InChI is InChI=1S/C5H12NO4P/c1-11(9,10)3-2-4(6)5(7)8/h4H,2-3,6H2,1H3,(H,7,8)(H,9,10)/t4-/m1/s1. The van der Waals surface area contributed by atoms with Crippen molar-refractivity contribution >= 4 is 13.3 Å². The van der Waals surface area contributed by atoms with E-state index in [1.165, 1.54) is 6.66 Å². The second-order valence-corrected chi connectivity index (χ2v) is 5.13. The number of aliphatic carboxylic acids is 1. The third kappa shape index (κ3) is 6.04. The van der Waals surface area contributed by atoms with Gasteiger partial charge < -0.3 is 20.5 Å². The van der Waals surface area contributed by atoms with Crippen LogP contribution in [-0.2, 0) is 9.36 Å². The zero-order chi connectivity index (χ0) is 9.07. The van der Waals surface area contributed by atoms with Crippen molar-refractivity contribution in [3.8, 4) is 0 Å². The van der Waals surface area contributed by atoms with Gasteiger partial charge in [0, 0.05) is 19.2 Å². The van der Waals surface area contributed by atoms with Crippen LogP contribution in [0.4, 0.5) is 0 Å². The predicted octanol–water partition coefficient (Wildman–Crippen LogP) is -2.36. The highest BCUT2D eigenvalue weighted by molar-refractivity contribution is 7.57. The maximum atomic E-state index is 10.7. The number of carboxylic acid groups (broad SMARTS) is 1. The van der Waals surface area contributed by atoms with Gasteiger partial charge in [0.2, 0.25) is 0 Å². The zero-order valence-corrected chi connectivity index (χ0v) is 7.21. The van der Waals surface area contributed by atoms with Crippen molar-refractivity contribution < 1.29 is 25.1 Å². The Balaban J connectivity index is 3.72. The molecular weight excluding hydrogens is 169 g/mol. The van der Waals surface area contributed by atoms with E-state index in [1.54, 1.807) is 0 Å². The number of hydrogen-bond acceptors (Lipinski definition) is 3. The van der Waals surface area contributed by atoms with E-state index in [0.29, 0.717) is 0 Å². The highest BCUT2D eigenvalue weighted by atomic mass is 31.2. The summed E-state index contributed by atoms with van der Waals surface area (Å²) in [7, 11) is -3.09. The van der Waals surface area contributed by atoms with Gasteiger partial charge in [-0.3, -0.25) is 4.57 Å². The minimum Gasteiger partial charge on any atom is -0.544 e. The molecule has 0 aromatic carbocycles. The normalized spacial score (nSPS) is 18.8. The Morgan fingerprint density at radius 2 is 2.27 bits per heavy atom. The Hall–Kier alpha value is -0.380. The molecule has 0 aliphatic rings. The van der Waals surface area contributed by atoms with Gasteiger partial charge >= 0.3 is 0 Å². The van der Waals surface area contributed by atoms with Gasteiger partial charge in [-0.1, -0.05) is 0 Å². The van der Waals surface area contributed by atoms with E-state index in [1.807, 2.05) is 0 Å². The lowest BCUT2D eigenvalue weighted by Gasteiger charge is -2.09. The van der Waals surface area contributed by atoms with Crippen LogP contribution in [0.2, 0.25) is 0 Å². The van der Waals surface area contributed by atoms with Crippen molar-refractivity contribution in [3.63, 3.8) is 0 Å². The minimum absolute atomic E-state index is 0.0187. The Labute approximate surface area is 64.7 Å². The first-order chi connectivity index (χ1) is 4.83. The molecule has 0 amide bonds. The van der Waals surface area contributed by atoms with Gasteiger partial charge in [0.25, 0.3) is 0 Å². The summed E-state index contributed by atoms with van der Waals surface area (Å²) in [5.41, 5.74) is 3.25. The fraction of sp³-hybridized carbons (Fsp3) is 0.800. The zero-order valence-electron chi connectivity index (χ0n) is 6.32. The van der Waals surface area contributed by atoms with Gasteiger partial charge in [0.1, 0.15) is 6.04 Å². The molecule has 0 fully saturated rings. The van der Waals surface area contributed by atoms with Crippen LogP contribution < -0.4 is 10.8 Å². The molecule has 0 radical (unpaired) electrons. The lowest BCUT2D eigenvalue weighted by Crippen LogP contribution is -2.68. The summed E-state index contributed by atoms with van der Waals surface area (Å²) in [6.45, 7) is 1.19. The molecule has 1 unspecified atom stereocenters. The summed E-state index contributed by atoms with van der Waals surface area (Å²) < 4.78 is 10.7. The Kier molecular flexibility index (Phi) is 3.72. The largest absolute Gasteiger partial charge is 0.544 e. The molecule has 0 rings (SSSR count). The van der Waals surface area contributed by atoms with Crippen molar-refractivity contribution in [2.45, 2.75) is 12.5 Å². The second kappa shape index (κ2) is 3.85. The number of hydrogen-bond donors (Lipinski definition) is 2. The molecule has 0 aliphatic heterocycles. The monoisotopic (exact) mass is 181 g/mol. The van der Waals surface area contributed by atoms with Gasteiger partial charge in [-0.05, 0) is 0 Å². The lowest BCUT2D eigenvalue weighted by atomic mass is 10.2. The van der Waals surface area contributed by atoms with Gasteiger partial charge in [-0.25, -0.2) is 0 Å². The molecule has 0 saturated heterocycles. The minimum atomic E-state index is -3.09. The molecule has 5 nitrogen and oxygen atoms in total. The van der Waals surface area contributed by atoms with Crippen LogP contribution in [0.25, 0.3) is 0 Å². The van der Waals surface area contributed by atoms with Crippen LogP contribution >= 0.6 is 7.37 Å². The van der Waals surface area contributed by atoms with Crippen LogP contribution in [0, 0.1) is 0 Å². The molecule has 6 heteroatoms. The van der Waals surface area contributed by atoms with Crippen LogP contribution in [0.3, 0.4) is 0 Å². The molecule has 2 atom stereocenters. The average Bonchev–Trinajstić information content (AvgIpc) is 1.80. The maximum absolute atomic E-state index is 10.7. The topological polar surface area (TPSA) is 105 Å². The van der Waals surface area contributed by atoms with Crippen LogP contribution in [0.15, 0.2) is 0 Å². The summed E-state index contributed by atoms with van der Waals surface area (Å²) in [5.74, 6) is -1.28. The van der Waals surface area contributed by atoms with Crippen molar-refractivity contribution in [2.24, 2.45) is 0 Å². The first-order valence-electron chi connectivity index (χ1n) is 3.16. The smallest absolute Gasteiger partial charge is 0.197 e. The van der Waals surface area contributed by atoms with Crippen molar-refractivity contribution in [1.29, 1.82) is 0 Å². The molecule has 0 aromatic rings. The van der Waals surface area contributed by atoms with Crippen LogP contribution in [0.5, 0.6) is 0 Å². The van der Waals surface area contributed by atoms with Crippen molar-refractivity contribution in [2.75, 3.05) is 12.8 Å². The number of quaternary nitrogens is 1. The SMILES string of the molecule is CP(=O)(O)CC[C@@H]([NH3+])C(=O)[O-]. The van der Waals surface area contributed by atoms with Crippen molar-refractivity contribution in [1.82, 2.24) is 0 Å². The highest BCUT2D eigenvalue weighted by Gasteiger charge is 2.14. The highest BCUT2D eigenvalue weighted by Crippen LogP contribution is 2.35. The molecule has 0 aliphatic carbocycles. The molecular formula is C5H12NO4P. The first kappa shape index (κ1) is 10.6. The summed E-state index contributed by atoms with van der Waals surface area (Å²) in [6.07, 6.45) is 0.0712. The van der Waals surface area contributed by atoms with Crippen LogP contribution in [0.1, 0.15) is 6.42 Å². The third-order valence-corrected chi connectivity index (χ3v) is 2.31. The number of carbonyl (C=O) groups excluding carboxylic acids is 1. The summed E-state index contributed by atoms with van der Waals surface area (Å²) in [4.78, 5) is 18.8. The molecule has 0 bridgehead atoms.